The van der Waals surface area contributed by atoms with E-state index in [-0.39, 0.29) is 5.54 Å². The predicted octanol–water partition coefficient (Wildman–Crippen LogP) is 2.40. The molecule has 1 aromatic rings. The number of nitrogens with zero attached hydrogens (tertiary/aromatic N) is 1. The number of aliphatic hydroxyl groups excluding tert-OH is 1. The minimum Gasteiger partial charge on any atom is -0.385 e. The fraction of sp³-hybridized carbons (Fsp3) is 0.688. The van der Waals surface area contributed by atoms with Crippen molar-refractivity contribution < 1.29 is 9.84 Å². The second-order valence-corrected chi connectivity index (χ2v) is 6.52. The number of aliphatic hydroxyl groups is 1. The average Bonchev–Trinajstić information content (AvgIpc) is 2.45. The van der Waals surface area contributed by atoms with Crippen LogP contribution in [-0.2, 0) is 4.74 Å². The van der Waals surface area contributed by atoms with Crippen LogP contribution in [0.4, 0.5) is 0 Å². The van der Waals surface area contributed by atoms with Gasteiger partial charge in [-0.05, 0) is 45.7 Å². The second kappa shape index (κ2) is 6.66. The van der Waals surface area contributed by atoms with Crippen molar-refractivity contribution in [3.8, 4) is 0 Å². The van der Waals surface area contributed by atoms with Gasteiger partial charge in [0.25, 0.3) is 0 Å². The molecule has 2 rings (SSSR count). The van der Waals surface area contributed by atoms with E-state index in [1.54, 1.807) is 0 Å². The molecule has 0 aliphatic carbocycles. The van der Waals surface area contributed by atoms with Gasteiger partial charge in [0.2, 0.25) is 0 Å². The van der Waals surface area contributed by atoms with Gasteiger partial charge >= 0.3 is 0 Å². The lowest BCUT2D eigenvalue weighted by Gasteiger charge is -2.24. The molecule has 0 bridgehead atoms. The summed E-state index contributed by atoms with van der Waals surface area (Å²) < 4.78 is 5.39. The van der Waals surface area contributed by atoms with Crippen LogP contribution in [0.2, 0.25) is 0 Å². The maximum Gasteiger partial charge on any atom is 0.108 e. The summed E-state index contributed by atoms with van der Waals surface area (Å²) in [5.41, 5.74) is 1.84. The van der Waals surface area contributed by atoms with Crippen LogP contribution in [0.3, 0.4) is 0 Å². The van der Waals surface area contributed by atoms with E-state index in [1.807, 2.05) is 12.1 Å². The van der Waals surface area contributed by atoms with E-state index < -0.39 is 6.10 Å². The Morgan fingerprint density at radius 1 is 1.35 bits per heavy atom. The Morgan fingerprint density at radius 2 is 2.05 bits per heavy atom. The molecule has 1 fully saturated rings. The summed E-state index contributed by atoms with van der Waals surface area (Å²) in [7, 11) is 0. The number of rotatable bonds is 4. The third-order valence-electron chi connectivity index (χ3n) is 3.60. The van der Waals surface area contributed by atoms with Gasteiger partial charge in [0.15, 0.2) is 0 Å². The Labute approximate surface area is 121 Å². The highest BCUT2D eigenvalue weighted by Gasteiger charge is 2.19. The predicted molar refractivity (Wildman–Crippen MR) is 79.7 cm³/mol. The molecule has 1 saturated heterocycles. The molecule has 112 valence electrons. The van der Waals surface area contributed by atoms with Crippen LogP contribution in [-0.4, -0.2) is 35.4 Å². The van der Waals surface area contributed by atoms with E-state index in [0.717, 1.165) is 37.4 Å². The van der Waals surface area contributed by atoms with Gasteiger partial charge < -0.3 is 15.2 Å². The molecule has 1 aliphatic rings. The minimum atomic E-state index is -0.561. The van der Waals surface area contributed by atoms with E-state index in [9.17, 15) is 5.11 Å². The van der Waals surface area contributed by atoms with E-state index in [2.05, 4.69) is 37.1 Å². The molecular formula is C16H26N2O2. The van der Waals surface area contributed by atoms with Crippen LogP contribution in [0.15, 0.2) is 18.2 Å². The smallest absolute Gasteiger partial charge is 0.108 e. The van der Waals surface area contributed by atoms with Gasteiger partial charge in [0.1, 0.15) is 6.10 Å². The maximum absolute atomic E-state index is 10.3. The van der Waals surface area contributed by atoms with Gasteiger partial charge in [-0.25, -0.2) is 0 Å². The van der Waals surface area contributed by atoms with Gasteiger partial charge in [-0.2, -0.15) is 0 Å². The highest BCUT2D eigenvalue weighted by atomic mass is 16.5. The summed E-state index contributed by atoms with van der Waals surface area (Å²) >= 11 is 0. The first-order valence-corrected chi connectivity index (χ1v) is 7.43. The zero-order chi connectivity index (χ0) is 14.6. The lowest BCUT2D eigenvalue weighted by molar-refractivity contribution is 0.0842. The molecule has 1 aromatic heterocycles. The average molecular weight is 278 g/mol. The number of hydrogen-bond acceptors (Lipinski definition) is 4. The molecule has 0 spiro atoms. The maximum atomic E-state index is 10.3. The van der Waals surface area contributed by atoms with Crippen LogP contribution in [0.1, 0.15) is 57.0 Å². The third-order valence-corrected chi connectivity index (χ3v) is 3.60. The van der Waals surface area contributed by atoms with Gasteiger partial charge in [0.05, 0.1) is 5.69 Å². The minimum absolute atomic E-state index is 0.000695. The monoisotopic (exact) mass is 278 g/mol. The van der Waals surface area contributed by atoms with Gasteiger partial charge in [0, 0.05) is 36.9 Å². The van der Waals surface area contributed by atoms with Crippen molar-refractivity contribution in [2.45, 2.75) is 51.2 Å². The van der Waals surface area contributed by atoms with Crippen molar-refractivity contribution in [3.63, 3.8) is 0 Å². The van der Waals surface area contributed by atoms with Crippen LogP contribution in [0.5, 0.6) is 0 Å². The van der Waals surface area contributed by atoms with E-state index in [1.165, 1.54) is 0 Å². The van der Waals surface area contributed by atoms with Gasteiger partial charge in [-0.15, -0.1) is 0 Å². The lowest BCUT2D eigenvalue weighted by atomic mass is 9.95. The summed E-state index contributed by atoms with van der Waals surface area (Å²) in [6, 6.07) is 5.95. The number of ether oxygens (including phenoxy) is 1. The number of β-amino-alcohol motifs (C(OH)–C–C–N with tert-alkyl or cyclic N) is 1. The summed E-state index contributed by atoms with van der Waals surface area (Å²) in [6.07, 6.45) is 1.48. The Morgan fingerprint density at radius 3 is 2.70 bits per heavy atom. The molecule has 0 saturated carbocycles. The second-order valence-electron chi connectivity index (χ2n) is 6.52. The highest BCUT2D eigenvalue weighted by molar-refractivity contribution is 5.17. The SMILES string of the molecule is CC(C)(C)NC[C@@H](O)c1cccc(C2CCOCC2)n1. The molecular weight excluding hydrogens is 252 g/mol. The molecule has 2 heterocycles. The Kier molecular flexibility index (Phi) is 5.13. The van der Waals surface area contributed by atoms with Gasteiger partial charge in [-0.3, -0.25) is 4.98 Å². The van der Waals surface area contributed by atoms with Crippen LogP contribution in [0.25, 0.3) is 0 Å². The molecule has 0 aromatic carbocycles. The summed E-state index contributed by atoms with van der Waals surface area (Å²) in [5.74, 6) is 0.464. The lowest BCUT2D eigenvalue weighted by Crippen LogP contribution is -2.38. The topological polar surface area (TPSA) is 54.4 Å². The van der Waals surface area contributed by atoms with Crippen molar-refractivity contribution >= 4 is 0 Å². The Hall–Kier alpha value is -0.970. The fourth-order valence-electron chi connectivity index (χ4n) is 2.38. The molecule has 1 atom stereocenters. The van der Waals surface area contributed by atoms with Crippen LogP contribution < -0.4 is 5.32 Å². The third kappa shape index (κ3) is 4.54. The molecule has 0 radical (unpaired) electrons. The molecule has 0 amide bonds. The van der Waals surface area contributed by atoms with Crippen molar-refractivity contribution in [1.82, 2.24) is 10.3 Å². The van der Waals surface area contributed by atoms with E-state index >= 15 is 0 Å². The normalized spacial score (nSPS) is 19.0. The zero-order valence-electron chi connectivity index (χ0n) is 12.7. The van der Waals surface area contributed by atoms with Crippen molar-refractivity contribution in [1.29, 1.82) is 0 Å². The molecule has 2 N–H and O–H groups in total. The van der Waals surface area contributed by atoms with Crippen molar-refractivity contribution in [3.05, 3.63) is 29.6 Å². The molecule has 4 nitrogen and oxygen atoms in total. The van der Waals surface area contributed by atoms with E-state index in [0.29, 0.717) is 12.5 Å². The first-order chi connectivity index (χ1) is 9.46. The first kappa shape index (κ1) is 15.4. The molecule has 20 heavy (non-hydrogen) atoms. The highest BCUT2D eigenvalue weighted by Crippen LogP contribution is 2.26. The van der Waals surface area contributed by atoms with Crippen LogP contribution >= 0.6 is 0 Å². The Balaban J connectivity index is 2.01. The number of aromatic nitrogens is 1. The van der Waals surface area contributed by atoms with Crippen molar-refractivity contribution in [2.75, 3.05) is 19.8 Å². The summed E-state index contributed by atoms with van der Waals surface area (Å²) in [6.45, 7) is 8.41. The molecule has 1 aliphatic heterocycles. The largest absolute Gasteiger partial charge is 0.385 e. The first-order valence-electron chi connectivity index (χ1n) is 7.43. The quantitative estimate of drug-likeness (QED) is 0.888. The zero-order valence-corrected chi connectivity index (χ0v) is 12.7. The number of pyridine rings is 1. The number of nitrogens with one attached hydrogen (secondary N) is 1. The molecule has 0 unspecified atom stereocenters. The van der Waals surface area contributed by atoms with E-state index in [4.69, 9.17) is 4.74 Å². The standard InChI is InChI=1S/C16H26N2O2/c1-16(2,3)17-11-15(19)14-6-4-5-13(18-14)12-7-9-20-10-8-12/h4-6,12,15,17,19H,7-11H2,1-3H3/t15-/m1/s1. The Bertz CT molecular complexity index is 423. The van der Waals surface area contributed by atoms with Gasteiger partial charge in [-0.1, -0.05) is 6.07 Å². The fourth-order valence-corrected chi connectivity index (χ4v) is 2.38. The number of hydrogen-bond donors (Lipinski definition) is 2. The van der Waals surface area contributed by atoms with Crippen LogP contribution in [0, 0.1) is 0 Å². The van der Waals surface area contributed by atoms with Crippen molar-refractivity contribution in [2.24, 2.45) is 0 Å². The molecule has 4 heteroatoms. The summed E-state index contributed by atoms with van der Waals surface area (Å²) in [4.78, 5) is 4.65. The summed E-state index contributed by atoms with van der Waals surface area (Å²) in [5, 5.41) is 13.6.